The molecule has 0 aliphatic carbocycles. The summed E-state index contributed by atoms with van der Waals surface area (Å²) in [5.41, 5.74) is 0.0535. The molecule has 96 valence electrons. The van der Waals surface area contributed by atoms with Crippen LogP contribution in [-0.4, -0.2) is 6.61 Å². The van der Waals surface area contributed by atoms with Crippen molar-refractivity contribution in [3.8, 4) is 5.75 Å². The lowest BCUT2D eigenvalue weighted by molar-refractivity contribution is 0.345. The molecule has 0 bridgehead atoms. The van der Waals surface area contributed by atoms with Gasteiger partial charge in [-0.3, -0.25) is 4.79 Å². The molecule has 0 saturated heterocycles. The first kappa shape index (κ1) is 12.6. The Kier molecular flexibility index (Phi) is 3.29. The number of fused-ring (bicyclic) bond motifs is 2. The van der Waals surface area contributed by atoms with Crippen molar-refractivity contribution in [3.63, 3.8) is 0 Å². The van der Waals surface area contributed by atoms with Crippen molar-refractivity contribution >= 4 is 47.4 Å². The maximum Gasteiger partial charge on any atom is 0.197 e. The summed E-state index contributed by atoms with van der Waals surface area (Å²) in [7, 11) is 0. The Balaban J connectivity index is 2.53. The lowest BCUT2D eigenvalue weighted by atomic mass is 10.2. The van der Waals surface area contributed by atoms with Crippen molar-refractivity contribution in [1.29, 1.82) is 0 Å². The van der Waals surface area contributed by atoms with E-state index in [9.17, 15) is 4.79 Å². The van der Waals surface area contributed by atoms with Crippen LogP contribution < -0.4 is 10.2 Å². The Morgan fingerprint density at radius 3 is 2.79 bits per heavy atom. The fraction of sp³-hybridized carbons (Fsp3) is 0.133. The Hall–Kier alpha value is -1.39. The fourth-order valence-corrected chi connectivity index (χ4v) is 3.92. The van der Waals surface area contributed by atoms with Crippen molar-refractivity contribution in [2.45, 2.75) is 6.92 Å². The number of rotatable bonds is 2. The van der Waals surface area contributed by atoms with Gasteiger partial charge in [0.25, 0.3) is 0 Å². The lowest BCUT2D eigenvalue weighted by Crippen LogP contribution is -2.03. The molecule has 0 fully saturated rings. The van der Waals surface area contributed by atoms with E-state index in [0.717, 1.165) is 25.0 Å². The molecule has 0 atom stereocenters. The van der Waals surface area contributed by atoms with Gasteiger partial charge >= 0.3 is 0 Å². The van der Waals surface area contributed by atoms with Crippen molar-refractivity contribution in [1.82, 2.24) is 0 Å². The monoisotopic (exact) mass is 334 g/mol. The highest BCUT2D eigenvalue weighted by Crippen LogP contribution is 2.35. The third-order valence-corrected chi connectivity index (χ3v) is 4.79. The third-order valence-electron chi connectivity index (χ3n) is 2.94. The number of benzene rings is 2. The molecular weight excluding hydrogens is 324 g/mol. The van der Waals surface area contributed by atoms with E-state index in [1.54, 1.807) is 11.3 Å². The molecule has 0 unspecified atom stereocenters. The first-order valence-electron chi connectivity index (χ1n) is 5.99. The first-order chi connectivity index (χ1) is 9.22. The molecule has 0 aliphatic heterocycles. The Morgan fingerprint density at radius 1 is 1.21 bits per heavy atom. The molecule has 0 saturated carbocycles. The molecule has 3 aromatic rings. The maximum atomic E-state index is 12.6. The summed E-state index contributed by atoms with van der Waals surface area (Å²) < 4.78 is 8.33. The second-order valence-electron chi connectivity index (χ2n) is 4.11. The second kappa shape index (κ2) is 4.94. The molecule has 0 aliphatic rings. The fourth-order valence-electron chi connectivity index (χ4n) is 2.11. The van der Waals surface area contributed by atoms with Gasteiger partial charge in [-0.15, -0.1) is 11.3 Å². The summed E-state index contributed by atoms with van der Waals surface area (Å²) in [5, 5.41) is 1.46. The molecule has 0 radical (unpaired) electrons. The van der Waals surface area contributed by atoms with Gasteiger partial charge in [0.15, 0.2) is 5.43 Å². The van der Waals surface area contributed by atoms with Gasteiger partial charge in [0.05, 0.1) is 16.7 Å². The minimum Gasteiger partial charge on any atom is -0.492 e. The molecule has 2 nitrogen and oxygen atoms in total. The van der Waals surface area contributed by atoms with Crippen molar-refractivity contribution in [2.75, 3.05) is 6.61 Å². The van der Waals surface area contributed by atoms with E-state index < -0.39 is 0 Å². The quantitative estimate of drug-likeness (QED) is 0.641. The highest BCUT2D eigenvalue weighted by Gasteiger charge is 2.12. The summed E-state index contributed by atoms with van der Waals surface area (Å²) in [6, 6.07) is 11.5. The smallest absolute Gasteiger partial charge is 0.197 e. The van der Waals surface area contributed by atoms with Crippen molar-refractivity contribution in [2.24, 2.45) is 0 Å². The normalized spacial score (nSPS) is 11.1. The van der Waals surface area contributed by atoms with Crippen LogP contribution in [0, 0.1) is 0 Å². The zero-order valence-corrected chi connectivity index (χ0v) is 12.7. The van der Waals surface area contributed by atoms with E-state index in [-0.39, 0.29) is 5.43 Å². The van der Waals surface area contributed by atoms with E-state index in [4.69, 9.17) is 4.74 Å². The van der Waals surface area contributed by atoms with Crippen LogP contribution in [0.5, 0.6) is 5.75 Å². The van der Waals surface area contributed by atoms with Crippen molar-refractivity contribution < 1.29 is 4.74 Å². The molecule has 1 aromatic heterocycles. The van der Waals surface area contributed by atoms with Crippen LogP contribution in [-0.2, 0) is 0 Å². The summed E-state index contributed by atoms with van der Waals surface area (Å²) in [4.78, 5) is 12.6. The minimum atomic E-state index is 0.0535. The average molecular weight is 335 g/mol. The summed E-state index contributed by atoms with van der Waals surface area (Å²) in [5.74, 6) is 0.772. The Labute approximate surface area is 122 Å². The molecule has 3 rings (SSSR count). The van der Waals surface area contributed by atoms with Gasteiger partial charge in [-0.1, -0.05) is 12.1 Å². The van der Waals surface area contributed by atoms with Crippen LogP contribution in [0.15, 0.2) is 45.7 Å². The summed E-state index contributed by atoms with van der Waals surface area (Å²) in [6.45, 7) is 2.53. The Bertz CT molecular complexity index is 823. The number of hydrogen-bond acceptors (Lipinski definition) is 3. The average Bonchev–Trinajstić information content (AvgIpc) is 2.42. The zero-order chi connectivity index (χ0) is 13.4. The predicted octanol–water partition coefficient (Wildman–Crippen LogP) is 4.58. The number of hydrogen-bond donors (Lipinski definition) is 0. The van der Waals surface area contributed by atoms with Crippen LogP contribution >= 0.6 is 27.3 Å². The van der Waals surface area contributed by atoms with Gasteiger partial charge in [0, 0.05) is 14.6 Å². The molecule has 19 heavy (non-hydrogen) atoms. The molecular formula is C15H11BrO2S. The second-order valence-corrected chi connectivity index (χ2v) is 6.02. The summed E-state index contributed by atoms with van der Waals surface area (Å²) >= 11 is 5.06. The third kappa shape index (κ3) is 2.05. The summed E-state index contributed by atoms with van der Waals surface area (Å²) in [6.07, 6.45) is 0. The molecule has 0 spiro atoms. The van der Waals surface area contributed by atoms with Gasteiger partial charge in [-0.2, -0.15) is 0 Å². The van der Waals surface area contributed by atoms with Crippen LogP contribution in [0.1, 0.15) is 6.92 Å². The van der Waals surface area contributed by atoms with Crippen LogP contribution in [0.3, 0.4) is 0 Å². The minimum absolute atomic E-state index is 0.0535. The van der Waals surface area contributed by atoms with E-state index in [1.807, 2.05) is 43.3 Å². The van der Waals surface area contributed by atoms with Gasteiger partial charge in [-0.25, -0.2) is 0 Å². The zero-order valence-electron chi connectivity index (χ0n) is 10.3. The topological polar surface area (TPSA) is 26.3 Å². The van der Waals surface area contributed by atoms with Crippen molar-refractivity contribution in [3.05, 3.63) is 51.1 Å². The lowest BCUT2D eigenvalue weighted by Gasteiger charge is -2.09. The molecule has 0 amide bonds. The first-order valence-corrected chi connectivity index (χ1v) is 7.60. The largest absolute Gasteiger partial charge is 0.492 e. The predicted molar refractivity (Wildman–Crippen MR) is 84.5 cm³/mol. The van der Waals surface area contributed by atoms with E-state index in [1.165, 1.54) is 0 Å². The molecule has 1 heterocycles. The van der Waals surface area contributed by atoms with E-state index >= 15 is 0 Å². The maximum absolute atomic E-state index is 12.6. The van der Waals surface area contributed by atoms with Gasteiger partial charge in [0.2, 0.25) is 0 Å². The molecule has 0 N–H and O–H groups in total. The number of halogens is 1. The molecule has 4 heteroatoms. The number of ether oxygens (including phenoxy) is 1. The van der Waals surface area contributed by atoms with E-state index in [2.05, 4.69) is 15.9 Å². The van der Waals surface area contributed by atoms with Gasteiger partial charge < -0.3 is 4.74 Å². The van der Waals surface area contributed by atoms with Crippen LogP contribution in [0.25, 0.3) is 20.2 Å². The highest BCUT2D eigenvalue weighted by molar-refractivity contribution is 9.10. The van der Waals surface area contributed by atoms with Gasteiger partial charge in [0.1, 0.15) is 5.75 Å². The van der Waals surface area contributed by atoms with E-state index in [0.29, 0.717) is 12.0 Å². The van der Waals surface area contributed by atoms with Crippen LogP contribution in [0.4, 0.5) is 0 Å². The Morgan fingerprint density at radius 2 is 2.00 bits per heavy atom. The van der Waals surface area contributed by atoms with Gasteiger partial charge in [-0.05, 0) is 47.1 Å². The standard InChI is InChI=1S/C15H11BrO2S/c1-2-18-11-8-7-10(16)13-14(17)9-5-3-4-6-12(9)19-15(11)13/h3-8H,2H2,1H3. The highest BCUT2D eigenvalue weighted by atomic mass is 79.9. The SMILES string of the molecule is CCOc1ccc(Br)c2c(=O)c3ccccc3sc12. The molecule has 2 aromatic carbocycles. The van der Waals surface area contributed by atoms with Crippen LogP contribution in [0.2, 0.25) is 0 Å².